The van der Waals surface area contributed by atoms with Crippen LogP contribution in [0.4, 0.5) is 0 Å². The fraction of sp³-hybridized carbons (Fsp3) is 0.250. The van der Waals surface area contributed by atoms with Crippen molar-refractivity contribution in [3.63, 3.8) is 0 Å². The van der Waals surface area contributed by atoms with Crippen molar-refractivity contribution in [1.82, 2.24) is 9.88 Å². The number of nitrogens with zero attached hydrogens (tertiary/aromatic N) is 1. The number of carbonyl (C=O) groups excluding carboxylic acids is 1. The molecule has 116 valence electrons. The Morgan fingerprint density at radius 2 is 2.14 bits per heavy atom. The highest BCUT2D eigenvalue weighted by atomic mass is 16.5. The van der Waals surface area contributed by atoms with Crippen LogP contribution in [0, 0.1) is 0 Å². The van der Waals surface area contributed by atoms with Crippen LogP contribution in [0.5, 0.6) is 5.75 Å². The first kappa shape index (κ1) is 15.6. The Bertz CT molecular complexity index is 735. The number of rotatable bonds is 6. The number of para-hydroxylation sites is 1. The monoisotopic (exact) mass is 302 g/mol. The van der Waals surface area contributed by atoms with E-state index in [1.807, 2.05) is 24.3 Å². The van der Waals surface area contributed by atoms with Gasteiger partial charge in [0.25, 0.3) is 0 Å². The molecule has 1 amide bonds. The highest BCUT2D eigenvalue weighted by Crippen LogP contribution is 2.29. The van der Waals surface area contributed by atoms with E-state index in [1.54, 1.807) is 17.9 Å². The molecular weight excluding hydrogens is 284 g/mol. The second-order valence-corrected chi connectivity index (χ2v) is 5.00. The van der Waals surface area contributed by atoms with E-state index < -0.39 is 17.4 Å². The first-order valence-corrected chi connectivity index (χ1v) is 6.71. The summed E-state index contributed by atoms with van der Waals surface area (Å²) in [6, 6.07) is 7.48. The summed E-state index contributed by atoms with van der Waals surface area (Å²) < 4.78 is 7.05. The number of ether oxygens (including phenoxy) is 1. The van der Waals surface area contributed by atoms with Gasteiger partial charge in [-0.3, -0.25) is 4.79 Å². The molecule has 0 radical (unpaired) electrons. The van der Waals surface area contributed by atoms with Crippen molar-refractivity contribution in [2.75, 3.05) is 7.11 Å². The lowest BCUT2D eigenvalue weighted by molar-refractivity contribution is -0.145. The van der Waals surface area contributed by atoms with Gasteiger partial charge in [0.15, 0.2) is 5.54 Å². The van der Waals surface area contributed by atoms with Crippen LogP contribution in [0.3, 0.4) is 0 Å². The fourth-order valence-electron chi connectivity index (χ4n) is 2.45. The van der Waals surface area contributed by atoms with Crippen molar-refractivity contribution in [2.45, 2.75) is 19.0 Å². The highest BCUT2D eigenvalue weighted by Gasteiger charge is 2.37. The minimum atomic E-state index is -1.58. The second-order valence-electron chi connectivity index (χ2n) is 5.00. The number of hydrogen-bond acceptors (Lipinski definition) is 3. The van der Waals surface area contributed by atoms with Gasteiger partial charge in [-0.25, -0.2) is 4.79 Å². The quantitative estimate of drug-likeness (QED) is 0.797. The summed E-state index contributed by atoms with van der Waals surface area (Å²) in [4.78, 5) is 23.1. The molecule has 6 nitrogen and oxygen atoms in total. The summed E-state index contributed by atoms with van der Waals surface area (Å²) in [5.74, 6) is -0.970. The number of amides is 1. The van der Waals surface area contributed by atoms with Crippen LogP contribution in [0.2, 0.25) is 0 Å². The van der Waals surface area contributed by atoms with Crippen molar-refractivity contribution in [3.05, 3.63) is 43.1 Å². The molecule has 2 rings (SSSR count). The number of fused-ring (bicyclic) bond motifs is 1. The average Bonchev–Trinajstić information content (AvgIpc) is 2.84. The largest absolute Gasteiger partial charge is 0.495 e. The van der Waals surface area contributed by atoms with E-state index in [2.05, 4.69) is 11.9 Å². The maximum Gasteiger partial charge on any atom is 0.335 e. The topological polar surface area (TPSA) is 80.6 Å². The van der Waals surface area contributed by atoms with Gasteiger partial charge >= 0.3 is 5.97 Å². The van der Waals surface area contributed by atoms with E-state index in [1.165, 1.54) is 13.0 Å². The predicted octanol–water partition coefficient (Wildman–Crippen LogP) is 1.80. The number of aliphatic carboxylic acids is 1. The summed E-state index contributed by atoms with van der Waals surface area (Å²) >= 11 is 0. The molecule has 2 N–H and O–H groups in total. The Hall–Kier alpha value is -2.76. The molecule has 0 saturated carbocycles. The van der Waals surface area contributed by atoms with E-state index in [0.29, 0.717) is 5.75 Å². The molecule has 1 aromatic carbocycles. The number of benzene rings is 1. The van der Waals surface area contributed by atoms with Gasteiger partial charge in [-0.05, 0) is 12.1 Å². The van der Waals surface area contributed by atoms with Crippen molar-refractivity contribution in [1.29, 1.82) is 0 Å². The first-order valence-electron chi connectivity index (χ1n) is 6.71. The van der Waals surface area contributed by atoms with E-state index >= 15 is 0 Å². The third kappa shape index (κ3) is 2.67. The number of hydrogen-bond donors (Lipinski definition) is 2. The van der Waals surface area contributed by atoms with Gasteiger partial charge in [0.05, 0.1) is 19.2 Å². The van der Waals surface area contributed by atoms with Crippen molar-refractivity contribution >= 4 is 22.8 Å². The summed E-state index contributed by atoms with van der Waals surface area (Å²) in [5, 5.41) is 12.9. The minimum absolute atomic E-state index is 0.00921. The van der Waals surface area contributed by atoms with Gasteiger partial charge in [-0.1, -0.05) is 18.2 Å². The molecule has 0 spiro atoms. The summed E-state index contributed by atoms with van der Waals surface area (Å²) in [6.07, 6.45) is 2.95. The molecule has 0 aliphatic rings. The average molecular weight is 302 g/mol. The Labute approximate surface area is 128 Å². The summed E-state index contributed by atoms with van der Waals surface area (Å²) in [6.45, 7) is 4.85. The third-order valence-corrected chi connectivity index (χ3v) is 3.52. The molecule has 0 aliphatic heterocycles. The number of methoxy groups -OCH3 is 1. The van der Waals surface area contributed by atoms with Crippen LogP contribution in [0.1, 0.15) is 6.92 Å². The predicted molar refractivity (Wildman–Crippen MR) is 82.9 cm³/mol. The number of carbonyl (C=O) groups is 2. The Balaban J connectivity index is 2.53. The molecule has 0 bridgehead atoms. The van der Waals surface area contributed by atoms with E-state index in [9.17, 15) is 14.7 Å². The van der Waals surface area contributed by atoms with Crippen LogP contribution in [-0.2, 0) is 16.1 Å². The van der Waals surface area contributed by atoms with Crippen LogP contribution < -0.4 is 10.1 Å². The smallest absolute Gasteiger partial charge is 0.335 e. The van der Waals surface area contributed by atoms with Crippen molar-refractivity contribution < 1.29 is 19.4 Å². The molecule has 22 heavy (non-hydrogen) atoms. The second kappa shape index (κ2) is 5.93. The molecule has 1 aromatic heterocycles. The molecule has 0 fully saturated rings. The van der Waals surface area contributed by atoms with Crippen LogP contribution >= 0.6 is 0 Å². The Morgan fingerprint density at radius 1 is 1.45 bits per heavy atom. The van der Waals surface area contributed by atoms with Gasteiger partial charge in [0.1, 0.15) is 5.75 Å². The summed E-state index contributed by atoms with van der Waals surface area (Å²) in [7, 11) is 1.55. The Kier molecular flexibility index (Phi) is 4.21. The van der Waals surface area contributed by atoms with E-state index in [4.69, 9.17) is 4.74 Å². The zero-order valence-electron chi connectivity index (χ0n) is 12.5. The lowest BCUT2D eigenvalue weighted by Gasteiger charge is -2.27. The maximum absolute atomic E-state index is 11.7. The molecule has 6 heteroatoms. The third-order valence-electron chi connectivity index (χ3n) is 3.52. The normalized spacial score (nSPS) is 13.4. The first-order chi connectivity index (χ1) is 10.4. The maximum atomic E-state index is 11.7. The number of carboxylic acid groups (broad SMARTS) is 1. The van der Waals surface area contributed by atoms with Crippen molar-refractivity contribution in [3.8, 4) is 5.75 Å². The van der Waals surface area contributed by atoms with Crippen LogP contribution in [0.25, 0.3) is 10.9 Å². The van der Waals surface area contributed by atoms with Gasteiger partial charge in [0.2, 0.25) is 5.91 Å². The van der Waals surface area contributed by atoms with Crippen LogP contribution in [-0.4, -0.2) is 34.2 Å². The number of carboxylic acids is 1. The van der Waals surface area contributed by atoms with Gasteiger partial charge in [0, 0.05) is 18.5 Å². The molecule has 0 aliphatic carbocycles. The van der Waals surface area contributed by atoms with E-state index in [0.717, 1.165) is 10.9 Å². The fourth-order valence-corrected chi connectivity index (χ4v) is 2.45. The molecule has 1 unspecified atom stereocenters. The minimum Gasteiger partial charge on any atom is -0.495 e. The molecule has 1 atom stereocenters. The molecule has 1 heterocycles. The zero-order chi connectivity index (χ0) is 16.3. The SMILES string of the molecule is C=CC(Cn1cc(OC)c2ccccc21)(NC(C)=O)C(=O)O. The standard InChI is InChI=1S/C16H18N2O4/c1-4-16(15(20)21,17-11(2)19)10-18-9-14(22-3)12-7-5-6-8-13(12)18/h4-9H,1,10H2,2-3H3,(H,17,19)(H,20,21). The molecule has 2 aromatic rings. The summed E-state index contributed by atoms with van der Waals surface area (Å²) in [5.41, 5.74) is -0.768. The van der Waals surface area contributed by atoms with Crippen LogP contribution in [0.15, 0.2) is 43.1 Å². The lowest BCUT2D eigenvalue weighted by atomic mass is 9.99. The highest BCUT2D eigenvalue weighted by molar-refractivity contribution is 5.90. The molecular formula is C16H18N2O4. The van der Waals surface area contributed by atoms with E-state index in [-0.39, 0.29) is 6.54 Å². The van der Waals surface area contributed by atoms with Gasteiger partial charge in [-0.15, -0.1) is 6.58 Å². The lowest BCUT2D eigenvalue weighted by Crippen LogP contribution is -2.55. The van der Waals surface area contributed by atoms with Crippen molar-refractivity contribution in [2.24, 2.45) is 0 Å². The van der Waals surface area contributed by atoms with Gasteiger partial charge in [-0.2, -0.15) is 0 Å². The Morgan fingerprint density at radius 3 is 2.68 bits per heavy atom. The zero-order valence-corrected chi connectivity index (χ0v) is 12.5. The molecule has 0 saturated heterocycles. The number of nitrogens with one attached hydrogen (secondary N) is 1. The number of aromatic nitrogens is 1. The van der Waals surface area contributed by atoms with Gasteiger partial charge < -0.3 is 19.7 Å².